The van der Waals surface area contributed by atoms with Gasteiger partial charge in [0.05, 0.1) is 17.8 Å². The summed E-state index contributed by atoms with van der Waals surface area (Å²) in [6.07, 6.45) is 0.790. The number of methoxy groups -OCH3 is 1. The Kier molecular flexibility index (Phi) is 6.78. The average Bonchev–Trinajstić information content (AvgIpc) is 2.82. The maximum Gasteiger partial charge on any atom is 0.262 e. The van der Waals surface area contributed by atoms with Crippen molar-refractivity contribution in [2.24, 2.45) is 5.92 Å². The first-order chi connectivity index (χ1) is 15.8. The SMILES string of the molecule is COc1ccccc1CNC(=O)C1CCN(S(=O)(=O)c2cc3c(cc2Cl)NC(=O)CO3)CC1. The van der Waals surface area contributed by atoms with E-state index >= 15 is 0 Å². The zero-order valence-electron chi connectivity index (χ0n) is 18.0. The van der Waals surface area contributed by atoms with Crippen LogP contribution in [-0.4, -0.2) is 51.3 Å². The highest BCUT2D eigenvalue weighted by Gasteiger charge is 2.34. The highest BCUT2D eigenvalue weighted by molar-refractivity contribution is 7.89. The van der Waals surface area contributed by atoms with Crippen LogP contribution in [0.2, 0.25) is 5.02 Å². The maximum atomic E-state index is 13.2. The third kappa shape index (κ3) is 4.92. The first kappa shape index (κ1) is 23.3. The maximum absolute atomic E-state index is 13.2. The normalized spacial score (nSPS) is 17.0. The van der Waals surface area contributed by atoms with Gasteiger partial charge in [0, 0.05) is 37.2 Å². The number of sulfonamides is 1. The number of benzene rings is 2. The first-order valence-electron chi connectivity index (χ1n) is 10.5. The number of ether oxygens (including phenoxy) is 2. The summed E-state index contributed by atoms with van der Waals surface area (Å²) in [5.74, 6) is 0.213. The lowest BCUT2D eigenvalue weighted by molar-refractivity contribution is -0.126. The predicted octanol–water partition coefficient (Wildman–Crippen LogP) is 2.40. The summed E-state index contributed by atoms with van der Waals surface area (Å²) in [7, 11) is -2.32. The lowest BCUT2D eigenvalue weighted by Crippen LogP contribution is -2.43. The van der Waals surface area contributed by atoms with Gasteiger partial charge in [0.25, 0.3) is 5.91 Å². The monoisotopic (exact) mass is 493 g/mol. The van der Waals surface area contributed by atoms with Crippen molar-refractivity contribution in [1.29, 1.82) is 0 Å². The molecule has 0 radical (unpaired) electrons. The van der Waals surface area contributed by atoms with Crippen LogP contribution >= 0.6 is 11.6 Å². The van der Waals surface area contributed by atoms with Gasteiger partial charge < -0.3 is 20.1 Å². The molecule has 1 saturated heterocycles. The summed E-state index contributed by atoms with van der Waals surface area (Å²) in [4.78, 5) is 24.0. The highest BCUT2D eigenvalue weighted by Crippen LogP contribution is 2.37. The molecule has 2 aliphatic heterocycles. The van der Waals surface area contributed by atoms with Crippen molar-refractivity contribution in [2.45, 2.75) is 24.3 Å². The number of para-hydroxylation sites is 1. The van der Waals surface area contributed by atoms with Gasteiger partial charge in [0.2, 0.25) is 15.9 Å². The fourth-order valence-corrected chi connectivity index (χ4v) is 5.94. The molecular weight excluding hydrogens is 470 g/mol. The molecule has 0 spiro atoms. The van der Waals surface area contributed by atoms with E-state index < -0.39 is 10.0 Å². The molecule has 4 rings (SSSR count). The topological polar surface area (TPSA) is 114 Å². The van der Waals surface area contributed by atoms with E-state index in [0.29, 0.717) is 30.8 Å². The van der Waals surface area contributed by atoms with Gasteiger partial charge in [-0.15, -0.1) is 0 Å². The van der Waals surface area contributed by atoms with Crippen LogP contribution in [0, 0.1) is 5.92 Å². The van der Waals surface area contributed by atoms with E-state index in [0.717, 1.165) is 5.56 Å². The number of nitrogens with zero attached hydrogens (tertiary/aromatic N) is 1. The number of rotatable bonds is 6. The van der Waals surface area contributed by atoms with Crippen LogP contribution in [0.5, 0.6) is 11.5 Å². The second-order valence-corrected chi connectivity index (χ2v) is 10.1. The molecule has 2 amide bonds. The summed E-state index contributed by atoms with van der Waals surface area (Å²) in [6.45, 7) is 0.534. The van der Waals surface area contributed by atoms with Crippen molar-refractivity contribution in [3.05, 3.63) is 47.0 Å². The number of hydrogen-bond acceptors (Lipinski definition) is 6. The molecule has 0 saturated carbocycles. The third-order valence-corrected chi connectivity index (χ3v) is 8.12. The predicted molar refractivity (Wildman–Crippen MR) is 122 cm³/mol. The standard InChI is InChI=1S/C22H24ClN3O6S/c1-31-18-5-3-2-4-15(18)12-24-22(28)14-6-8-26(9-7-14)33(29,30)20-11-19-17(10-16(20)23)25-21(27)13-32-19/h2-5,10-11,14H,6-9,12-13H2,1H3,(H,24,28)(H,25,27). The Morgan fingerprint density at radius 3 is 2.73 bits per heavy atom. The Labute approximate surface area is 197 Å². The zero-order valence-corrected chi connectivity index (χ0v) is 19.5. The summed E-state index contributed by atoms with van der Waals surface area (Å²) >= 11 is 6.23. The molecule has 2 N–H and O–H groups in total. The number of hydrogen-bond donors (Lipinski definition) is 2. The minimum Gasteiger partial charge on any atom is -0.496 e. The molecule has 2 heterocycles. The molecule has 0 aliphatic carbocycles. The molecule has 1 fully saturated rings. The summed E-state index contributed by atoms with van der Waals surface area (Å²) in [5.41, 5.74) is 1.20. The molecule has 33 heavy (non-hydrogen) atoms. The molecule has 176 valence electrons. The highest BCUT2D eigenvalue weighted by atomic mass is 35.5. The number of nitrogens with one attached hydrogen (secondary N) is 2. The van der Waals surface area contributed by atoms with Crippen LogP contribution in [0.4, 0.5) is 5.69 Å². The average molecular weight is 494 g/mol. The van der Waals surface area contributed by atoms with Gasteiger partial charge >= 0.3 is 0 Å². The number of piperidine rings is 1. The molecule has 0 aromatic heterocycles. The van der Waals surface area contributed by atoms with Gasteiger partial charge in [-0.3, -0.25) is 9.59 Å². The lowest BCUT2D eigenvalue weighted by Gasteiger charge is -2.31. The first-order valence-corrected chi connectivity index (χ1v) is 12.3. The Balaban J connectivity index is 1.39. The van der Waals surface area contributed by atoms with Crippen molar-refractivity contribution in [3.8, 4) is 11.5 Å². The van der Waals surface area contributed by atoms with Crippen LogP contribution in [-0.2, 0) is 26.2 Å². The number of fused-ring (bicyclic) bond motifs is 1. The second kappa shape index (κ2) is 9.58. The smallest absolute Gasteiger partial charge is 0.262 e. The molecule has 2 aromatic rings. The van der Waals surface area contributed by atoms with E-state index in [1.807, 2.05) is 24.3 Å². The van der Waals surface area contributed by atoms with Gasteiger partial charge in [0.15, 0.2) is 6.61 Å². The van der Waals surface area contributed by atoms with Gasteiger partial charge in [-0.05, 0) is 25.0 Å². The minimum absolute atomic E-state index is 0.00350. The van der Waals surface area contributed by atoms with E-state index in [4.69, 9.17) is 21.1 Å². The van der Waals surface area contributed by atoms with E-state index in [-0.39, 0.29) is 53.1 Å². The van der Waals surface area contributed by atoms with Gasteiger partial charge in [-0.1, -0.05) is 29.8 Å². The van der Waals surface area contributed by atoms with Gasteiger partial charge in [0.1, 0.15) is 16.4 Å². The van der Waals surface area contributed by atoms with E-state index in [2.05, 4.69) is 10.6 Å². The Bertz CT molecular complexity index is 1180. The van der Waals surface area contributed by atoms with Crippen LogP contribution in [0.1, 0.15) is 18.4 Å². The number of amides is 2. The quantitative estimate of drug-likeness (QED) is 0.638. The molecule has 0 atom stereocenters. The van der Waals surface area contributed by atoms with Crippen LogP contribution in [0.3, 0.4) is 0 Å². The van der Waals surface area contributed by atoms with Crippen LogP contribution in [0.25, 0.3) is 0 Å². The minimum atomic E-state index is -3.89. The Hall–Kier alpha value is -2.82. The van der Waals surface area contributed by atoms with E-state index in [9.17, 15) is 18.0 Å². The fraction of sp³-hybridized carbons (Fsp3) is 0.364. The van der Waals surface area contributed by atoms with E-state index in [1.165, 1.54) is 16.4 Å². The number of carbonyl (C=O) groups is 2. The van der Waals surface area contributed by atoms with Crippen molar-refractivity contribution < 1.29 is 27.5 Å². The summed E-state index contributed by atoms with van der Waals surface area (Å²) in [6, 6.07) is 10.1. The number of carbonyl (C=O) groups excluding carboxylic acids is 2. The third-order valence-electron chi connectivity index (χ3n) is 5.76. The van der Waals surface area contributed by atoms with Crippen LogP contribution < -0.4 is 20.1 Å². The Morgan fingerprint density at radius 1 is 1.27 bits per heavy atom. The molecule has 0 unspecified atom stereocenters. The molecule has 0 bridgehead atoms. The Morgan fingerprint density at radius 2 is 2.00 bits per heavy atom. The van der Waals surface area contributed by atoms with Crippen molar-refractivity contribution in [2.75, 3.05) is 32.1 Å². The number of halogens is 1. The molecule has 9 nitrogen and oxygen atoms in total. The fourth-order valence-electron chi connectivity index (χ4n) is 3.95. The largest absolute Gasteiger partial charge is 0.496 e. The van der Waals surface area contributed by atoms with Gasteiger partial charge in [-0.2, -0.15) is 4.31 Å². The van der Waals surface area contributed by atoms with Gasteiger partial charge in [-0.25, -0.2) is 8.42 Å². The molecule has 2 aliphatic rings. The summed E-state index contributed by atoms with van der Waals surface area (Å²) < 4.78 is 38.4. The van der Waals surface area contributed by atoms with E-state index in [1.54, 1.807) is 7.11 Å². The summed E-state index contributed by atoms with van der Waals surface area (Å²) in [5, 5.41) is 5.51. The van der Waals surface area contributed by atoms with Crippen molar-refractivity contribution in [1.82, 2.24) is 9.62 Å². The van der Waals surface area contributed by atoms with Crippen molar-refractivity contribution >= 4 is 39.1 Å². The molecule has 11 heteroatoms. The van der Waals surface area contributed by atoms with Crippen LogP contribution in [0.15, 0.2) is 41.3 Å². The van der Waals surface area contributed by atoms with Crippen molar-refractivity contribution in [3.63, 3.8) is 0 Å². The molecular formula is C22H24ClN3O6S. The molecule has 2 aromatic carbocycles. The number of anilines is 1. The lowest BCUT2D eigenvalue weighted by atomic mass is 9.97. The zero-order chi connectivity index (χ0) is 23.6. The second-order valence-electron chi connectivity index (χ2n) is 7.82.